The molecule has 2 unspecified atom stereocenters. The number of aliphatic hydroxyl groups excluding tert-OH is 1. The number of ether oxygens (including phenoxy) is 1. The van der Waals surface area contributed by atoms with Gasteiger partial charge in [-0.05, 0) is 26.8 Å². The molecule has 0 heterocycles. The molecule has 0 bridgehead atoms. The van der Waals surface area contributed by atoms with Crippen molar-refractivity contribution >= 4 is 0 Å². The molecule has 0 saturated heterocycles. The molecule has 0 spiro atoms. The molecule has 0 aromatic rings. The molecule has 0 amide bonds. The van der Waals surface area contributed by atoms with Crippen molar-refractivity contribution in [1.29, 1.82) is 0 Å². The third-order valence-corrected chi connectivity index (χ3v) is 1.88. The molecule has 0 rings (SSSR count). The molecule has 3 heteroatoms. The minimum absolute atomic E-state index is 0.230. The summed E-state index contributed by atoms with van der Waals surface area (Å²) in [6.45, 7) is 5.20. The lowest BCUT2D eigenvalue weighted by Crippen LogP contribution is -2.37. The Bertz CT molecular complexity index is 88.2. The van der Waals surface area contributed by atoms with Crippen LogP contribution in [0.15, 0.2) is 0 Å². The summed E-state index contributed by atoms with van der Waals surface area (Å²) < 4.78 is 5.12. The Morgan fingerprint density at radius 2 is 2.09 bits per heavy atom. The van der Waals surface area contributed by atoms with Crippen LogP contribution in [-0.4, -0.2) is 37.5 Å². The van der Waals surface area contributed by atoms with Crippen LogP contribution in [0.25, 0.3) is 0 Å². The van der Waals surface area contributed by atoms with Gasteiger partial charge in [-0.15, -0.1) is 0 Å². The second kappa shape index (κ2) is 6.58. The Kier molecular flexibility index (Phi) is 6.51. The lowest BCUT2D eigenvalue weighted by molar-refractivity contribution is 0.0881. The van der Waals surface area contributed by atoms with Crippen LogP contribution in [0, 0.1) is 0 Å². The van der Waals surface area contributed by atoms with E-state index in [4.69, 9.17) is 9.84 Å². The van der Waals surface area contributed by atoms with Crippen molar-refractivity contribution < 1.29 is 9.84 Å². The Morgan fingerprint density at radius 3 is 2.55 bits per heavy atom. The van der Waals surface area contributed by atoms with E-state index in [2.05, 4.69) is 12.2 Å². The van der Waals surface area contributed by atoms with Crippen molar-refractivity contribution in [2.45, 2.75) is 32.4 Å². The van der Waals surface area contributed by atoms with E-state index in [0.717, 1.165) is 13.0 Å². The van der Waals surface area contributed by atoms with Gasteiger partial charge in [0.25, 0.3) is 0 Å². The van der Waals surface area contributed by atoms with E-state index in [-0.39, 0.29) is 12.7 Å². The molecule has 2 atom stereocenters. The number of methoxy groups -OCH3 is 1. The first-order chi connectivity index (χ1) is 5.22. The molecule has 0 radical (unpaired) electrons. The summed E-state index contributed by atoms with van der Waals surface area (Å²) in [5, 5.41) is 11.8. The van der Waals surface area contributed by atoms with E-state index < -0.39 is 0 Å². The van der Waals surface area contributed by atoms with Gasteiger partial charge in [0, 0.05) is 19.8 Å². The van der Waals surface area contributed by atoms with E-state index >= 15 is 0 Å². The molecule has 3 nitrogen and oxygen atoms in total. The van der Waals surface area contributed by atoms with Crippen molar-refractivity contribution in [1.82, 2.24) is 5.32 Å². The predicted molar refractivity (Wildman–Crippen MR) is 45.6 cm³/mol. The van der Waals surface area contributed by atoms with Crippen LogP contribution in [0.1, 0.15) is 20.3 Å². The van der Waals surface area contributed by atoms with E-state index in [9.17, 15) is 0 Å². The molecule has 0 aliphatic rings. The number of rotatable bonds is 6. The molecular formula is C8H19NO2. The van der Waals surface area contributed by atoms with E-state index in [1.165, 1.54) is 0 Å². The first-order valence-corrected chi connectivity index (χ1v) is 4.09. The number of nitrogens with one attached hydrogen (secondary N) is 1. The molecule has 0 aromatic heterocycles. The van der Waals surface area contributed by atoms with Crippen molar-refractivity contribution in [3.63, 3.8) is 0 Å². The summed E-state index contributed by atoms with van der Waals surface area (Å²) in [6.07, 6.45) is 1.04. The highest BCUT2D eigenvalue weighted by Crippen LogP contribution is 1.95. The number of hydrogen-bond donors (Lipinski definition) is 2. The van der Waals surface area contributed by atoms with Gasteiger partial charge in [-0.1, -0.05) is 0 Å². The third-order valence-electron chi connectivity index (χ3n) is 1.88. The Hall–Kier alpha value is -0.120. The minimum atomic E-state index is 0.230. The standard InChI is InChI=1S/C8H19NO2/c1-7(8(2)11-3)9-5-4-6-10/h7-10H,4-6H2,1-3H3. The van der Waals surface area contributed by atoms with Crippen LogP contribution in [-0.2, 0) is 4.74 Å². The van der Waals surface area contributed by atoms with Crippen LogP contribution in [0.2, 0.25) is 0 Å². The fraction of sp³-hybridized carbons (Fsp3) is 1.00. The fourth-order valence-electron chi connectivity index (χ4n) is 0.779. The van der Waals surface area contributed by atoms with Gasteiger partial charge >= 0.3 is 0 Å². The van der Waals surface area contributed by atoms with Gasteiger partial charge in [0.15, 0.2) is 0 Å². The first kappa shape index (κ1) is 10.9. The Labute approximate surface area is 68.8 Å². The highest BCUT2D eigenvalue weighted by molar-refractivity contribution is 4.67. The summed E-state index contributed by atoms with van der Waals surface area (Å²) >= 11 is 0. The lowest BCUT2D eigenvalue weighted by Gasteiger charge is -2.19. The Balaban J connectivity index is 3.28. The molecule has 11 heavy (non-hydrogen) atoms. The Morgan fingerprint density at radius 1 is 1.45 bits per heavy atom. The minimum Gasteiger partial charge on any atom is -0.396 e. The third kappa shape index (κ3) is 5.18. The second-order valence-corrected chi connectivity index (χ2v) is 2.76. The van der Waals surface area contributed by atoms with Crippen molar-refractivity contribution in [3.05, 3.63) is 0 Å². The second-order valence-electron chi connectivity index (χ2n) is 2.76. The zero-order valence-corrected chi connectivity index (χ0v) is 7.63. The van der Waals surface area contributed by atoms with Crippen LogP contribution >= 0.6 is 0 Å². The smallest absolute Gasteiger partial charge is 0.0693 e. The van der Waals surface area contributed by atoms with E-state index in [0.29, 0.717) is 6.04 Å². The van der Waals surface area contributed by atoms with Crippen molar-refractivity contribution in [2.75, 3.05) is 20.3 Å². The monoisotopic (exact) mass is 161 g/mol. The lowest BCUT2D eigenvalue weighted by atomic mass is 10.2. The van der Waals surface area contributed by atoms with Gasteiger partial charge in [-0.25, -0.2) is 0 Å². The highest BCUT2D eigenvalue weighted by atomic mass is 16.5. The van der Waals surface area contributed by atoms with Crippen LogP contribution in [0.3, 0.4) is 0 Å². The van der Waals surface area contributed by atoms with E-state index in [1.54, 1.807) is 7.11 Å². The number of aliphatic hydroxyl groups is 1. The van der Waals surface area contributed by atoms with E-state index in [1.807, 2.05) is 6.92 Å². The predicted octanol–water partition coefficient (Wildman–Crippen LogP) is 0.382. The van der Waals surface area contributed by atoms with Crippen LogP contribution in [0.5, 0.6) is 0 Å². The highest BCUT2D eigenvalue weighted by Gasteiger charge is 2.08. The molecule has 0 aliphatic heterocycles. The maximum Gasteiger partial charge on any atom is 0.0693 e. The van der Waals surface area contributed by atoms with Gasteiger partial charge in [-0.3, -0.25) is 0 Å². The summed E-state index contributed by atoms with van der Waals surface area (Å²) in [5.74, 6) is 0. The summed E-state index contributed by atoms with van der Waals surface area (Å²) in [5.41, 5.74) is 0. The average molecular weight is 161 g/mol. The first-order valence-electron chi connectivity index (χ1n) is 4.09. The summed E-state index contributed by atoms with van der Waals surface area (Å²) in [6, 6.07) is 0.353. The topological polar surface area (TPSA) is 41.5 Å². The molecule has 0 aromatic carbocycles. The van der Waals surface area contributed by atoms with Crippen LogP contribution in [0.4, 0.5) is 0 Å². The van der Waals surface area contributed by atoms with Gasteiger partial charge in [-0.2, -0.15) is 0 Å². The van der Waals surface area contributed by atoms with Crippen molar-refractivity contribution in [2.24, 2.45) is 0 Å². The van der Waals surface area contributed by atoms with Gasteiger partial charge in [0.05, 0.1) is 6.10 Å². The van der Waals surface area contributed by atoms with Gasteiger partial charge < -0.3 is 15.2 Å². The molecule has 2 N–H and O–H groups in total. The maximum atomic E-state index is 8.50. The quantitative estimate of drug-likeness (QED) is 0.553. The average Bonchev–Trinajstić information content (AvgIpc) is 2.03. The molecular weight excluding hydrogens is 142 g/mol. The molecule has 0 fully saturated rings. The number of hydrogen-bond acceptors (Lipinski definition) is 3. The largest absolute Gasteiger partial charge is 0.396 e. The fourth-order valence-corrected chi connectivity index (χ4v) is 0.779. The normalized spacial score (nSPS) is 16.4. The van der Waals surface area contributed by atoms with Gasteiger partial charge in [0.2, 0.25) is 0 Å². The van der Waals surface area contributed by atoms with Crippen molar-refractivity contribution in [3.8, 4) is 0 Å². The van der Waals surface area contributed by atoms with Gasteiger partial charge in [0.1, 0.15) is 0 Å². The molecule has 68 valence electrons. The molecule has 0 aliphatic carbocycles. The van der Waals surface area contributed by atoms with Crippen LogP contribution < -0.4 is 5.32 Å². The zero-order chi connectivity index (χ0) is 8.69. The summed E-state index contributed by atoms with van der Waals surface area (Å²) in [7, 11) is 1.70. The summed E-state index contributed by atoms with van der Waals surface area (Å²) in [4.78, 5) is 0. The SMILES string of the molecule is COC(C)C(C)NCCCO. The molecule has 0 saturated carbocycles. The maximum absolute atomic E-state index is 8.50. The zero-order valence-electron chi connectivity index (χ0n) is 7.63.